The predicted octanol–water partition coefficient (Wildman–Crippen LogP) is 1.47. The number of nitrogens with zero attached hydrogens (tertiary/aromatic N) is 1. The van der Waals surface area contributed by atoms with E-state index in [2.05, 4.69) is 0 Å². The average Bonchev–Trinajstić information content (AvgIpc) is 2.47. The van der Waals surface area contributed by atoms with Gasteiger partial charge in [-0.1, -0.05) is 12.1 Å². The van der Waals surface area contributed by atoms with Gasteiger partial charge in [-0.2, -0.15) is 13.2 Å². The van der Waals surface area contributed by atoms with Crippen molar-refractivity contribution in [2.24, 2.45) is 0 Å². The molecule has 0 aromatic heterocycles. The monoisotopic (exact) mass is 303 g/mol. The van der Waals surface area contributed by atoms with Crippen LogP contribution in [-0.4, -0.2) is 48.3 Å². The molecule has 1 fully saturated rings. The summed E-state index contributed by atoms with van der Waals surface area (Å²) in [4.78, 5) is 13.6. The highest BCUT2D eigenvalue weighted by molar-refractivity contribution is 5.78. The zero-order chi connectivity index (χ0) is 15.5. The second-order valence-corrected chi connectivity index (χ2v) is 4.89. The Hall–Kier alpha value is -1.60. The summed E-state index contributed by atoms with van der Waals surface area (Å²) in [5.74, 6) is -0.184. The van der Waals surface area contributed by atoms with Crippen LogP contribution in [0, 0.1) is 0 Å². The molecular weight excluding hydrogens is 287 g/mol. The molecule has 1 atom stereocenters. The van der Waals surface area contributed by atoms with Crippen LogP contribution >= 0.6 is 0 Å². The summed E-state index contributed by atoms with van der Waals surface area (Å²) in [5.41, 5.74) is -0.203. The van der Waals surface area contributed by atoms with Crippen LogP contribution < -0.4 is 0 Å². The smallest absolute Gasteiger partial charge is 0.394 e. The van der Waals surface area contributed by atoms with E-state index in [9.17, 15) is 18.0 Å². The fraction of sp³-hybridized carbons (Fsp3) is 0.500. The zero-order valence-electron chi connectivity index (χ0n) is 11.3. The number of amides is 1. The quantitative estimate of drug-likeness (QED) is 0.920. The first-order valence-corrected chi connectivity index (χ1v) is 6.56. The fourth-order valence-electron chi connectivity index (χ4n) is 2.15. The van der Waals surface area contributed by atoms with Crippen molar-refractivity contribution in [3.8, 4) is 0 Å². The Morgan fingerprint density at radius 1 is 1.33 bits per heavy atom. The summed E-state index contributed by atoms with van der Waals surface area (Å²) in [7, 11) is 0. The van der Waals surface area contributed by atoms with Gasteiger partial charge in [0.2, 0.25) is 5.91 Å². The van der Waals surface area contributed by atoms with Gasteiger partial charge in [0, 0.05) is 13.1 Å². The maximum Gasteiger partial charge on any atom is 0.416 e. The Kier molecular flexibility index (Phi) is 4.84. The Balaban J connectivity index is 1.96. The molecule has 1 aliphatic rings. The van der Waals surface area contributed by atoms with Crippen molar-refractivity contribution in [2.75, 3.05) is 26.3 Å². The summed E-state index contributed by atoms with van der Waals surface area (Å²) in [6, 6.07) is 4.56. The second kappa shape index (κ2) is 6.44. The van der Waals surface area contributed by atoms with Crippen LogP contribution in [0.4, 0.5) is 13.2 Å². The lowest BCUT2D eigenvalue weighted by Gasteiger charge is -2.32. The number of benzene rings is 1. The van der Waals surface area contributed by atoms with Crippen molar-refractivity contribution in [1.82, 2.24) is 4.90 Å². The Morgan fingerprint density at radius 2 is 2.00 bits per heavy atom. The molecule has 1 unspecified atom stereocenters. The highest BCUT2D eigenvalue weighted by atomic mass is 19.4. The van der Waals surface area contributed by atoms with Crippen LogP contribution in [0.3, 0.4) is 0 Å². The van der Waals surface area contributed by atoms with Gasteiger partial charge in [0.1, 0.15) is 0 Å². The first-order valence-electron chi connectivity index (χ1n) is 6.56. The van der Waals surface area contributed by atoms with Gasteiger partial charge >= 0.3 is 6.18 Å². The lowest BCUT2D eigenvalue weighted by Crippen LogP contribution is -2.47. The van der Waals surface area contributed by atoms with E-state index < -0.39 is 17.8 Å². The number of rotatable bonds is 3. The molecule has 1 N–H and O–H groups in total. The number of halogens is 3. The molecule has 0 radical (unpaired) electrons. The first-order chi connectivity index (χ1) is 9.90. The summed E-state index contributed by atoms with van der Waals surface area (Å²) < 4.78 is 42.6. The summed E-state index contributed by atoms with van der Waals surface area (Å²) >= 11 is 0. The second-order valence-electron chi connectivity index (χ2n) is 4.89. The minimum Gasteiger partial charge on any atom is -0.394 e. The number of carbonyl (C=O) groups excluding carboxylic acids is 1. The van der Waals surface area contributed by atoms with Crippen LogP contribution in [0.25, 0.3) is 0 Å². The molecule has 116 valence electrons. The van der Waals surface area contributed by atoms with Gasteiger partial charge in [0.05, 0.1) is 31.3 Å². The Morgan fingerprint density at radius 3 is 2.57 bits per heavy atom. The SMILES string of the molecule is O=C(Cc1ccc(C(F)(F)F)cc1)N1CCOC(CO)C1. The van der Waals surface area contributed by atoms with Crippen molar-refractivity contribution >= 4 is 5.91 Å². The van der Waals surface area contributed by atoms with Gasteiger partial charge < -0.3 is 14.7 Å². The van der Waals surface area contributed by atoms with Crippen molar-refractivity contribution < 1.29 is 27.8 Å². The topological polar surface area (TPSA) is 49.8 Å². The molecule has 1 amide bonds. The van der Waals surface area contributed by atoms with Crippen LogP contribution in [0.15, 0.2) is 24.3 Å². The first kappa shape index (κ1) is 15.8. The summed E-state index contributed by atoms with van der Waals surface area (Å²) in [5, 5.41) is 9.02. The largest absolute Gasteiger partial charge is 0.416 e. The van der Waals surface area contributed by atoms with Crippen LogP contribution in [0.1, 0.15) is 11.1 Å². The molecule has 4 nitrogen and oxygen atoms in total. The molecule has 1 aliphatic heterocycles. The van der Waals surface area contributed by atoms with E-state index in [0.717, 1.165) is 12.1 Å². The number of aliphatic hydroxyl groups is 1. The third-order valence-corrected chi connectivity index (χ3v) is 3.33. The van der Waals surface area contributed by atoms with E-state index in [1.54, 1.807) is 4.90 Å². The molecule has 1 aromatic carbocycles. The third kappa shape index (κ3) is 4.18. The minimum atomic E-state index is -4.37. The summed E-state index contributed by atoms with van der Waals surface area (Å²) in [6.07, 6.45) is -4.73. The maximum absolute atomic E-state index is 12.4. The number of aliphatic hydroxyl groups excluding tert-OH is 1. The van der Waals surface area contributed by atoms with Gasteiger partial charge in [-0.15, -0.1) is 0 Å². The van der Waals surface area contributed by atoms with E-state index in [4.69, 9.17) is 9.84 Å². The van der Waals surface area contributed by atoms with E-state index >= 15 is 0 Å². The van der Waals surface area contributed by atoms with Gasteiger partial charge in [-0.05, 0) is 17.7 Å². The van der Waals surface area contributed by atoms with Crippen molar-refractivity contribution in [3.63, 3.8) is 0 Å². The molecule has 1 aromatic rings. The average molecular weight is 303 g/mol. The fourth-order valence-corrected chi connectivity index (χ4v) is 2.15. The lowest BCUT2D eigenvalue weighted by atomic mass is 10.1. The highest BCUT2D eigenvalue weighted by Gasteiger charge is 2.30. The van der Waals surface area contributed by atoms with E-state index in [-0.39, 0.29) is 18.9 Å². The standard InChI is InChI=1S/C14H16F3NO3/c15-14(16,17)11-3-1-10(2-4-11)7-13(20)18-5-6-21-12(8-18)9-19/h1-4,12,19H,5-9H2. The highest BCUT2D eigenvalue weighted by Crippen LogP contribution is 2.29. The Labute approximate surface area is 120 Å². The number of ether oxygens (including phenoxy) is 1. The van der Waals surface area contributed by atoms with Crippen molar-refractivity contribution in [2.45, 2.75) is 18.7 Å². The van der Waals surface area contributed by atoms with Crippen LogP contribution in [0.5, 0.6) is 0 Å². The maximum atomic E-state index is 12.4. The molecule has 0 spiro atoms. The number of carbonyl (C=O) groups is 1. The van der Waals surface area contributed by atoms with Crippen molar-refractivity contribution in [1.29, 1.82) is 0 Å². The van der Waals surface area contributed by atoms with Crippen LogP contribution in [0.2, 0.25) is 0 Å². The summed E-state index contributed by atoms with van der Waals surface area (Å²) in [6.45, 7) is 0.917. The predicted molar refractivity (Wildman–Crippen MR) is 68.6 cm³/mol. The molecule has 21 heavy (non-hydrogen) atoms. The molecule has 0 aliphatic carbocycles. The lowest BCUT2D eigenvalue weighted by molar-refractivity contribution is -0.139. The normalized spacial score (nSPS) is 19.6. The van der Waals surface area contributed by atoms with Gasteiger partial charge in [-0.25, -0.2) is 0 Å². The number of hydrogen-bond acceptors (Lipinski definition) is 3. The third-order valence-electron chi connectivity index (χ3n) is 3.33. The molecule has 0 bridgehead atoms. The molecule has 7 heteroatoms. The molecule has 1 saturated heterocycles. The molecular formula is C14H16F3NO3. The molecule has 0 saturated carbocycles. The van der Waals surface area contributed by atoms with Crippen molar-refractivity contribution in [3.05, 3.63) is 35.4 Å². The van der Waals surface area contributed by atoms with E-state index in [1.807, 2.05) is 0 Å². The molecule has 1 heterocycles. The number of alkyl halides is 3. The molecule has 2 rings (SSSR count). The van der Waals surface area contributed by atoms with Gasteiger partial charge in [0.25, 0.3) is 0 Å². The van der Waals surface area contributed by atoms with E-state index in [0.29, 0.717) is 25.3 Å². The number of hydrogen-bond donors (Lipinski definition) is 1. The van der Waals surface area contributed by atoms with E-state index in [1.165, 1.54) is 12.1 Å². The Bertz CT molecular complexity index is 487. The number of morpholine rings is 1. The zero-order valence-corrected chi connectivity index (χ0v) is 11.3. The minimum absolute atomic E-state index is 0.0380. The van der Waals surface area contributed by atoms with Crippen LogP contribution in [-0.2, 0) is 22.1 Å². The van der Waals surface area contributed by atoms with Gasteiger partial charge in [-0.3, -0.25) is 4.79 Å². The van der Waals surface area contributed by atoms with Gasteiger partial charge in [0.15, 0.2) is 0 Å².